The molecular weight excluding hydrogens is 321 g/mol. The minimum Gasteiger partial charge on any atom is -0.392 e. The molecule has 1 aromatic carbocycles. The Morgan fingerprint density at radius 3 is 2.67 bits per heavy atom. The minimum absolute atomic E-state index is 0.0494. The lowest BCUT2D eigenvalue weighted by molar-refractivity contribution is 0.281. The molecule has 0 radical (unpaired) electrons. The number of aliphatic hydroxyl groups is 1. The first-order chi connectivity index (χ1) is 9.73. The van der Waals surface area contributed by atoms with Crippen LogP contribution in [0.2, 0.25) is 0 Å². The van der Waals surface area contributed by atoms with Crippen LogP contribution in [0.25, 0.3) is 0 Å². The fraction of sp³-hybridized carbons (Fsp3) is 0.500. The Balaban J connectivity index is 2.12. The smallest absolute Gasteiger partial charge is 0.243 e. The van der Waals surface area contributed by atoms with E-state index in [4.69, 9.17) is 5.11 Å². The first-order valence-corrected chi connectivity index (χ1v) is 9.63. The van der Waals surface area contributed by atoms with E-state index in [9.17, 15) is 21.2 Å². The molecule has 9 heteroatoms. The van der Waals surface area contributed by atoms with Crippen LogP contribution in [0.5, 0.6) is 0 Å². The first kappa shape index (κ1) is 16.3. The van der Waals surface area contributed by atoms with Gasteiger partial charge in [0.15, 0.2) is 9.84 Å². The quantitative estimate of drug-likeness (QED) is 0.789. The van der Waals surface area contributed by atoms with Crippen molar-refractivity contribution in [3.63, 3.8) is 0 Å². The zero-order valence-electron chi connectivity index (χ0n) is 11.1. The molecule has 118 valence electrons. The summed E-state index contributed by atoms with van der Waals surface area (Å²) in [6.45, 7) is -0.450. The van der Waals surface area contributed by atoms with Gasteiger partial charge in [-0.05, 0) is 30.0 Å². The lowest BCUT2D eigenvalue weighted by atomic mass is 10.1. The summed E-state index contributed by atoms with van der Waals surface area (Å²) in [4.78, 5) is -0.546. The van der Waals surface area contributed by atoms with Gasteiger partial charge in [-0.15, -0.1) is 0 Å². The summed E-state index contributed by atoms with van der Waals surface area (Å²) in [5, 5.41) is 8.97. The summed E-state index contributed by atoms with van der Waals surface area (Å²) in [6.07, 6.45) is 0.393. The third kappa shape index (κ3) is 4.00. The maximum absolute atomic E-state index is 13.6. The molecule has 1 aliphatic rings. The number of hydrogen-bond donors (Lipinski definition) is 2. The van der Waals surface area contributed by atoms with Crippen LogP contribution in [-0.2, 0) is 26.5 Å². The molecule has 1 aliphatic heterocycles. The van der Waals surface area contributed by atoms with Crippen molar-refractivity contribution in [2.45, 2.75) is 17.9 Å². The number of hydrogen-bond acceptors (Lipinski definition) is 5. The van der Waals surface area contributed by atoms with Crippen LogP contribution in [0.4, 0.5) is 4.39 Å². The molecule has 0 bridgehead atoms. The van der Waals surface area contributed by atoms with Gasteiger partial charge in [0.25, 0.3) is 0 Å². The molecule has 21 heavy (non-hydrogen) atoms. The van der Waals surface area contributed by atoms with Gasteiger partial charge in [0, 0.05) is 6.54 Å². The van der Waals surface area contributed by atoms with Crippen LogP contribution in [0.15, 0.2) is 23.1 Å². The number of sulfonamides is 1. The molecule has 2 N–H and O–H groups in total. The van der Waals surface area contributed by atoms with Crippen molar-refractivity contribution < 1.29 is 26.3 Å². The molecule has 1 unspecified atom stereocenters. The molecule has 1 atom stereocenters. The molecule has 6 nitrogen and oxygen atoms in total. The van der Waals surface area contributed by atoms with Gasteiger partial charge in [-0.1, -0.05) is 6.07 Å². The van der Waals surface area contributed by atoms with Crippen LogP contribution in [0, 0.1) is 11.7 Å². The Bertz CT molecular complexity index is 730. The second kappa shape index (κ2) is 5.99. The summed E-state index contributed by atoms with van der Waals surface area (Å²) < 4.78 is 62.6. The Kier molecular flexibility index (Phi) is 4.66. The number of aliphatic hydroxyl groups excluding tert-OH is 1. The number of benzene rings is 1. The van der Waals surface area contributed by atoms with E-state index in [2.05, 4.69) is 4.72 Å². The highest BCUT2D eigenvalue weighted by Crippen LogP contribution is 2.20. The van der Waals surface area contributed by atoms with Crippen LogP contribution in [-0.4, -0.2) is 40.0 Å². The lowest BCUT2D eigenvalue weighted by Gasteiger charge is -2.11. The third-order valence-corrected chi connectivity index (χ3v) is 6.63. The van der Waals surface area contributed by atoms with Crippen molar-refractivity contribution in [2.24, 2.45) is 5.92 Å². The summed E-state index contributed by atoms with van der Waals surface area (Å²) in [5.74, 6) is -1.23. The van der Waals surface area contributed by atoms with Crippen LogP contribution < -0.4 is 4.72 Å². The highest BCUT2D eigenvalue weighted by Gasteiger charge is 2.29. The summed E-state index contributed by atoms with van der Waals surface area (Å²) in [7, 11) is -7.17. The molecule has 0 saturated carbocycles. The van der Waals surface area contributed by atoms with E-state index in [0.717, 1.165) is 12.1 Å². The van der Waals surface area contributed by atoms with Gasteiger partial charge in [-0.3, -0.25) is 0 Å². The standard InChI is InChI=1S/C12H16FNO5S2/c13-11-2-1-9(7-15)5-12(11)21(18,19)14-6-10-3-4-20(16,17)8-10/h1-2,5,10,14-15H,3-4,6-8H2. The number of nitrogens with one attached hydrogen (secondary N) is 1. The van der Waals surface area contributed by atoms with E-state index in [1.54, 1.807) is 0 Å². The van der Waals surface area contributed by atoms with Crippen molar-refractivity contribution in [3.8, 4) is 0 Å². The van der Waals surface area contributed by atoms with Crippen LogP contribution in [0.1, 0.15) is 12.0 Å². The second-order valence-electron chi connectivity index (χ2n) is 5.04. The SMILES string of the molecule is O=S1(=O)CCC(CNS(=O)(=O)c2cc(CO)ccc2F)C1. The van der Waals surface area contributed by atoms with Gasteiger partial charge in [0.1, 0.15) is 10.7 Å². The molecule has 0 amide bonds. The average Bonchev–Trinajstić information content (AvgIpc) is 2.76. The van der Waals surface area contributed by atoms with Crippen molar-refractivity contribution >= 4 is 19.9 Å². The average molecular weight is 337 g/mol. The Labute approximate surface area is 123 Å². The van der Waals surface area contributed by atoms with Gasteiger partial charge in [0.2, 0.25) is 10.0 Å². The molecule has 0 spiro atoms. The molecule has 1 heterocycles. The second-order valence-corrected chi connectivity index (χ2v) is 9.01. The Hall–Kier alpha value is -1.03. The van der Waals surface area contributed by atoms with Crippen molar-refractivity contribution in [1.29, 1.82) is 0 Å². The van der Waals surface area contributed by atoms with Crippen LogP contribution >= 0.6 is 0 Å². The third-order valence-electron chi connectivity index (χ3n) is 3.36. The van der Waals surface area contributed by atoms with Crippen molar-refractivity contribution in [3.05, 3.63) is 29.6 Å². The fourth-order valence-corrected chi connectivity index (χ4v) is 5.29. The maximum atomic E-state index is 13.6. The topological polar surface area (TPSA) is 101 Å². The zero-order chi connectivity index (χ0) is 15.7. The Morgan fingerprint density at radius 1 is 1.38 bits per heavy atom. The van der Waals surface area contributed by atoms with Crippen LogP contribution in [0.3, 0.4) is 0 Å². The van der Waals surface area contributed by atoms with E-state index in [-0.39, 0.29) is 29.5 Å². The molecular formula is C12H16FNO5S2. The van der Waals surface area contributed by atoms with E-state index in [1.165, 1.54) is 6.07 Å². The van der Waals surface area contributed by atoms with Crippen molar-refractivity contribution in [2.75, 3.05) is 18.1 Å². The Morgan fingerprint density at radius 2 is 2.10 bits per heavy atom. The zero-order valence-corrected chi connectivity index (χ0v) is 12.8. The first-order valence-electron chi connectivity index (χ1n) is 6.33. The fourth-order valence-electron chi connectivity index (χ4n) is 2.19. The molecule has 2 rings (SSSR count). The molecule has 0 aromatic heterocycles. The van der Waals surface area contributed by atoms with Gasteiger partial charge < -0.3 is 5.11 Å². The van der Waals surface area contributed by atoms with Gasteiger partial charge >= 0.3 is 0 Å². The number of sulfone groups is 1. The summed E-state index contributed by atoms with van der Waals surface area (Å²) in [5.41, 5.74) is 0.278. The van der Waals surface area contributed by atoms with Gasteiger partial charge in [0.05, 0.1) is 18.1 Å². The number of rotatable bonds is 5. The summed E-state index contributed by atoms with van der Waals surface area (Å²) >= 11 is 0. The molecule has 1 aromatic rings. The normalized spacial score (nSPS) is 21.5. The van der Waals surface area contributed by atoms with E-state index in [0.29, 0.717) is 6.42 Å². The lowest BCUT2D eigenvalue weighted by Crippen LogP contribution is -2.30. The molecule has 0 aliphatic carbocycles. The molecule has 1 saturated heterocycles. The minimum atomic E-state index is -4.08. The maximum Gasteiger partial charge on any atom is 0.243 e. The van der Waals surface area contributed by atoms with E-state index in [1.807, 2.05) is 0 Å². The predicted molar refractivity (Wildman–Crippen MR) is 74.3 cm³/mol. The highest BCUT2D eigenvalue weighted by atomic mass is 32.2. The van der Waals surface area contributed by atoms with Crippen molar-refractivity contribution in [1.82, 2.24) is 4.72 Å². The largest absolute Gasteiger partial charge is 0.392 e. The highest BCUT2D eigenvalue weighted by molar-refractivity contribution is 7.91. The van der Waals surface area contributed by atoms with Gasteiger partial charge in [-0.25, -0.2) is 25.9 Å². The number of halogens is 1. The monoisotopic (exact) mass is 337 g/mol. The molecule has 1 fully saturated rings. The van der Waals surface area contributed by atoms with E-state index >= 15 is 0 Å². The predicted octanol–water partition coefficient (Wildman–Crippen LogP) is 0.0310. The van der Waals surface area contributed by atoms with E-state index < -0.39 is 37.2 Å². The summed E-state index contributed by atoms with van der Waals surface area (Å²) in [6, 6.07) is 3.32. The van der Waals surface area contributed by atoms with Gasteiger partial charge in [-0.2, -0.15) is 0 Å².